The van der Waals surface area contributed by atoms with Gasteiger partial charge in [0.2, 0.25) is 5.13 Å². The van der Waals surface area contributed by atoms with E-state index in [0.717, 1.165) is 15.2 Å². The van der Waals surface area contributed by atoms with Crippen LogP contribution in [0.3, 0.4) is 0 Å². The molecule has 0 bridgehead atoms. The lowest BCUT2D eigenvalue weighted by Crippen LogP contribution is -2.31. The van der Waals surface area contributed by atoms with Crippen LogP contribution in [0, 0.1) is 0 Å². The smallest absolute Gasteiger partial charge is 0.261 e. The molecule has 29 heavy (non-hydrogen) atoms. The van der Waals surface area contributed by atoms with Gasteiger partial charge in [0.05, 0.1) is 21.3 Å². The van der Waals surface area contributed by atoms with Crippen molar-refractivity contribution in [3.8, 4) is 0 Å². The van der Waals surface area contributed by atoms with Gasteiger partial charge in [-0.2, -0.15) is 0 Å². The first kappa shape index (κ1) is 18.2. The van der Waals surface area contributed by atoms with E-state index < -0.39 is 0 Å². The number of thiazole rings is 1. The lowest BCUT2D eigenvalue weighted by molar-refractivity contribution is 0.0656. The zero-order valence-corrected chi connectivity index (χ0v) is 17.1. The highest BCUT2D eigenvalue weighted by molar-refractivity contribution is 7.22. The minimum absolute atomic E-state index is 0.262. The van der Waals surface area contributed by atoms with Gasteiger partial charge in [-0.25, -0.2) is 4.98 Å². The Balaban J connectivity index is 1.26. The summed E-state index contributed by atoms with van der Waals surface area (Å²) in [6.45, 7) is 0.265. The number of benzene rings is 2. The van der Waals surface area contributed by atoms with E-state index in [-0.39, 0.29) is 18.4 Å². The zero-order chi connectivity index (χ0) is 20.0. The average molecular weight is 442 g/mol. The number of nitrogens with zero attached hydrogens (tertiary/aromatic N) is 4. The van der Waals surface area contributed by atoms with Gasteiger partial charge in [0.1, 0.15) is 5.01 Å². The Labute approximate surface area is 178 Å². The summed E-state index contributed by atoms with van der Waals surface area (Å²) in [4.78, 5) is 30.6. The van der Waals surface area contributed by atoms with Crippen LogP contribution in [0.2, 0.25) is 5.02 Å². The predicted molar refractivity (Wildman–Crippen MR) is 113 cm³/mol. The molecule has 0 saturated heterocycles. The number of aromatic nitrogens is 3. The maximum Gasteiger partial charge on any atom is 0.261 e. The van der Waals surface area contributed by atoms with Gasteiger partial charge < -0.3 is 5.32 Å². The lowest BCUT2D eigenvalue weighted by atomic mass is 10.1. The van der Waals surface area contributed by atoms with Gasteiger partial charge >= 0.3 is 0 Å². The molecule has 0 saturated carbocycles. The second kappa shape index (κ2) is 7.18. The highest BCUT2D eigenvalue weighted by atomic mass is 35.5. The van der Waals surface area contributed by atoms with Crippen molar-refractivity contribution < 1.29 is 9.59 Å². The Bertz CT molecular complexity index is 1230. The first-order valence-corrected chi connectivity index (χ1v) is 10.7. The Kier molecular flexibility index (Phi) is 4.50. The molecular weight excluding hydrogens is 430 g/mol. The molecule has 1 aliphatic rings. The summed E-state index contributed by atoms with van der Waals surface area (Å²) in [5.41, 5.74) is 1.76. The number of anilines is 2. The molecule has 0 aliphatic carbocycles. The normalized spacial score (nSPS) is 13.3. The average Bonchev–Trinajstić information content (AvgIpc) is 3.39. The molecule has 144 valence electrons. The fourth-order valence-electron chi connectivity index (χ4n) is 3.10. The molecule has 1 aliphatic heterocycles. The first-order chi connectivity index (χ1) is 14.1. The minimum atomic E-state index is -0.262. The van der Waals surface area contributed by atoms with E-state index in [1.165, 1.54) is 27.6 Å². The van der Waals surface area contributed by atoms with Crippen LogP contribution in [-0.4, -0.2) is 38.4 Å². The van der Waals surface area contributed by atoms with Crippen LogP contribution >= 0.6 is 34.3 Å². The summed E-state index contributed by atoms with van der Waals surface area (Å²) >= 11 is 8.86. The monoisotopic (exact) mass is 441 g/mol. The van der Waals surface area contributed by atoms with Gasteiger partial charge in [0, 0.05) is 18.0 Å². The summed E-state index contributed by atoms with van der Waals surface area (Å²) in [6, 6.07) is 12.4. The van der Waals surface area contributed by atoms with E-state index in [2.05, 4.69) is 20.5 Å². The number of rotatable bonds is 5. The molecule has 10 heteroatoms. The van der Waals surface area contributed by atoms with Crippen molar-refractivity contribution in [2.75, 3.05) is 11.9 Å². The number of carbonyl (C=O) groups is 2. The molecule has 0 radical (unpaired) electrons. The van der Waals surface area contributed by atoms with E-state index in [9.17, 15) is 9.59 Å². The van der Waals surface area contributed by atoms with Crippen molar-refractivity contribution in [2.24, 2.45) is 0 Å². The predicted octanol–water partition coefficient (Wildman–Crippen LogP) is 4.38. The largest absolute Gasteiger partial charge is 0.306 e. The van der Waals surface area contributed by atoms with E-state index in [1.807, 2.05) is 12.1 Å². The van der Waals surface area contributed by atoms with E-state index in [4.69, 9.17) is 11.6 Å². The van der Waals surface area contributed by atoms with Crippen LogP contribution in [0.4, 0.5) is 10.3 Å². The van der Waals surface area contributed by atoms with Crippen molar-refractivity contribution in [2.45, 2.75) is 6.42 Å². The second-order valence-electron chi connectivity index (χ2n) is 6.31. The molecule has 0 unspecified atom stereocenters. The molecule has 1 N–H and O–H groups in total. The van der Waals surface area contributed by atoms with Gasteiger partial charge in [0.25, 0.3) is 11.8 Å². The summed E-state index contributed by atoms with van der Waals surface area (Å²) in [6.07, 6.45) is 0.445. The standard InChI is InChI=1S/C19H12ClN5O2S2/c20-10-5-6-13-14(9-10)28-18(21-13)22-19-24-23-15(29-19)7-8-25-16(26)11-3-1-2-4-12(11)17(25)27/h1-6,9H,7-8H2,(H,21,22,24). The SMILES string of the molecule is O=C1c2ccccc2C(=O)N1CCc1nnc(Nc2nc3ccc(Cl)cc3s2)s1. The van der Waals surface area contributed by atoms with Crippen LogP contribution < -0.4 is 5.32 Å². The van der Waals surface area contributed by atoms with Crippen molar-refractivity contribution in [1.82, 2.24) is 20.1 Å². The van der Waals surface area contributed by atoms with Gasteiger partial charge in [-0.15, -0.1) is 10.2 Å². The molecule has 2 amide bonds. The first-order valence-electron chi connectivity index (χ1n) is 8.69. The van der Waals surface area contributed by atoms with Crippen molar-refractivity contribution in [1.29, 1.82) is 0 Å². The fraction of sp³-hybridized carbons (Fsp3) is 0.105. The molecule has 2 aromatic carbocycles. The minimum Gasteiger partial charge on any atom is -0.306 e. The van der Waals surface area contributed by atoms with E-state index in [1.54, 1.807) is 30.3 Å². The quantitative estimate of drug-likeness (QED) is 0.462. The molecule has 0 spiro atoms. The summed E-state index contributed by atoms with van der Waals surface area (Å²) < 4.78 is 0.982. The second-order valence-corrected chi connectivity index (χ2v) is 8.84. The summed E-state index contributed by atoms with van der Waals surface area (Å²) in [5.74, 6) is -0.525. The van der Waals surface area contributed by atoms with Gasteiger partial charge in [-0.3, -0.25) is 14.5 Å². The zero-order valence-electron chi connectivity index (χ0n) is 14.8. The van der Waals surface area contributed by atoms with Crippen LogP contribution in [-0.2, 0) is 6.42 Å². The number of carbonyl (C=O) groups excluding carboxylic acids is 2. The topological polar surface area (TPSA) is 88.1 Å². The van der Waals surface area contributed by atoms with Crippen molar-refractivity contribution >= 4 is 66.6 Å². The number of amides is 2. The van der Waals surface area contributed by atoms with Crippen molar-refractivity contribution in [3.63, 3.8) is 0 Å². The fourth-order valence-corrected chi connectivity index (χ4v) is 5.03. The molecule has 3 heterocycles. The third-order valence-electron chi connectivity index (χ3n) is 4.46. The third-order valence-corrected chi connectivity index (χ3v) is 6.53. The highest BCUT2D eigenvalue weighted by Gasteiger charge is 2.34. The van der Waals surface area contributed by atoms with Gasteiger partial charge in [0.15, 0.2) is 5.13 Å². The molecular formula is C19H12ClN5O2S2. The van der Waals surface area contributed by atoms with Crippen LogP contribution in [0.25, 0.3) is 10.2 Å². The van der Waals surface area contributed by atoms with Crippen LogP contribution in [0.15, 0.2) is 42.5 Å². The Hall–Kier alpha value is -2.88. The number of hydrogen-bond donors (Lipinski definition) is 1. The summed E-state index contributed by atoms with van der Waals surface area (Å²) in [5, 5.41) is 14.1. The number of hydrogen-bond acceptors (Lipinski definition) is 8. The number of fused-ring (bicyclic) bond motifs is 2. The number of nitrogens with one attached hydrogen (secondary N) is 1. The Morgan fingerprint density at radius 1 is 0.966 bits per heavy atom. The van der Waals surface area contributed by atoms with Gasteiger partial charge in [-0.1, -0.05) is 46.4 Å². The number of halogens is 1. The molecule has 0 atom stereocenters. The Morgan fingerprint density at radius 2 is 1.72 bits per heavy atom. The lowest BCUT2D eigenvalue weighted by Gasteiger charge is -2.11. The maximum atomic E-state index is 12.4. The Morgan fingerprint density at radius 3 is 2.48 bits per heavy atom. The summed E-state index contributed by atoms with van der Waals surface area (Å²) in [7, 11) is 0. The maximum absolute atomic E-state index is 12.4. The molecule has 0 fully saturated rings. The van der Waals surface area contributed by atoms with E-state index >= 15 is 0 Å². The van der Waals surface area contributed by atoms with Gasteiger partial charge in [-0.05, 0) is 30.3 Å². The van der Waals surface area contributed by atoms with Crippen LogP contribution in [0.5, 0.6) is 0 Å². The third kappa shape index (κ3) is 3.37. The molecule has 7 nitrogen and oxygen atoms in total. The van der Waals surface area contributed by atoms with Crippen molar-refractivity contribution in [3.05, 3.63) is 63.6 Å². The van der Waals surface area contributed by atoms with Crippen LogP contribution in [0.1, 0.15) is 25.7 Å². The molecule has 2 aromatic heterocycles. The highest BCUT2D eigenvalue weighted by Crippen LogP contribution is 2.31. The molecule has 4 aromatic rings. The van der Waals surface area contributed by atoms with E-state index in [0.29, 0.717) is 32.8 Å². The number of imide groups is 1. The molecule has 5 rings (SSSR count).